The largest absolute Gasteiger partial charge is 0.443 e. The number of carbonyl (C=O) groups is 1. The number of sulfonamides is 1. The van der Waals surface area contributed by atoms with Crippen molar-refractivity contribution in [3.05, 3.63) is 70.3 Å². The van der Waals surface area contributed by atoms with Crippen molar-refractivity contribution in [2.45, 2.75) is 37.4 Å². The van der Waals surface area contributed by atoms with Gasteiger partial charge in [0.25, 0.3) is 5.69 Å². The minimum absolute atomic E-state index is 0.0744. The highest BCUT2D eigenvalue weighted by Gasteiger charge is 2.32. The Kier molecular flexibility index (Phi) is 8.70. The molecule has 10 nitrogen and oxygen atoms in total. The van der Waals surface area contributed by atoms with E-state index in [1.807, 2.05) is 19.9 Å². The van der Waals surface area contributed by atoms with Crippen LogP contribution in [0.1, 0.15) is 19.4 Å². The first-order valence-corrected chi connectivity index (χ1v) is 11.4. The molecule has 3 N–H and O–H groups in total. The molecule has 2 atom stereocenters. The van der Waals surface area contributed by atoms with Crippen LogP contribution in [0.3, 0.4) is 0 Å². The minimum atomic E-state index is -4.09. The van der Waals surface area contributed by atoms with Crippen LogP contribution in [0, 0.1) is 16.0 Å². The van der Waals surface area contributed by atoms with Gasteiger partial charge in [-0.2, -0.15) is 4.31 Å². The summed E-state index contributed by atoms with van der Waals surface area (Å²) < 4.78 is 32.6. The molecule has 32 heavy (non-hydrogen) atoms. The van der Waals surface area contributed by atoms with E-state index in [9.17, 15) is 28.4 Å². The van der Waals surface area contributed by atoms with Gasteiger partial charge >= 0.3 is 6.09 Å². The van der Waals surface area contributed by atoms with E-state index >= 15 is 0 Å². The third-order valence-corrected chi connectivity index (χ3v) is 6.47. The standard InChI is InChI=1S/C21H27N3O7S/c1-15(2)13-23(32(29,30)18-10-8-17(9-11-18)24(27)28)14-19(25)20(31-21(22)26)12-16-6-4-3-5-7-16/h3-11,15,19-20,25H,12-14H2,1-2H3,(H2,22,26). The van der Waals surface area contributed by atoms with Gasteiger partial charge in [0.05, 0.1) is 9.82 Å². The van der Waals surface area contributed by atoms with Crippen LogP contribution in [-0.4, -0.2) is 54.1 Å². The molecule has 0 bridgehead atoms. The summed E-state index contributed by atoms with van der Waals surface area (Å²) in [5, 5.41) is 21.7. The van der Waals surface area contributed by atoms with Crippen molar-refractivity contribution in [3.63, 3.8) is 0 Å². The van der Waals surface area contributed by atoms with E-state index in [1.54, 1.807) is 24.3 Å². The predicted octanol–water partition coefficient (Wildman–Crippen LogP) is 2.31. The number of rotatable bonds is 11. The average molecular weight is 466 g/mol. The van der Waals surface area contributed by atoms with E-state index in [2.05, 4.69) is 0 Å². The fourth-order valence-electron chi connectivity index (χ4n) is 3.14. The first kappa shape index (κ1) is 25.2. The molecule has 0 spiro atoms. The van der Waals surface area contributed by atoms with Crippen LogP contribution in [0.15, 0.2) is 59.5 Å². The number of nitro benzene ring substituents is 1. The van der Waals surface area contributed by atoms with Crippen LogP contribution in [0.5, 0.6) is 0 Å². The van der Waals surface area contributed by atoms with Gasteiger partial charge in [0.15, 0.2) is 0 Å². The van der Waals surface area contributed by atoms with Gasteiger partial charge in [-0.25, -0.2) is 13.2 Å². The SMILES string of the molecule is CC(C)CN(CC(O)C(Cc1ccccc1)OC(N)=O)S(=O)(=O)c1ccc([N+](=O)[O-])cc1. The molecule has 0 saturated heterocycles. The van der Waals surface area contributed by atoms with E-state index < -0.39 is 33.2 Å². The summed E-state index contributed by atoms with van der Waals surface area (Å²) in [5.41, 5.74) is 5.68. The van der Waals surface area contributed by atoms with Gasteiger partial charge in [-0.15, -0.1) is 0 Å². The summed E-state index contributed by atoms with van der Waals surface area (Å²) >= 11 is 0. The van der Waals surface area contributed by atoms with Gasteiger partial charge in [0.2, 0.25) is 10.0 Å². The summed E-state index contributed by atoms with van der Waals surface area (Å²) in [6.45, 7) is 3.34. The second-order valence-corrected chi connectivity index (χ2v) is 9.64. The number of aliphatic hydroxyl groups excluding tert-OH is 1. The first-order valence-electron chi connectivity index (χ1n) is 9.93. The van der Waals surface area contributed by atoms with Crippen LogP contribution >= 0.6 is 0 Å². The lowest BCUT2D eigenvalue weighted by molar-refractivity contribution is -0.384. The van der Waals surface area contributed by atoms with Crippen molar-refractivity contribution >= 4 is 21.8 Å². The smallest absolute Gasteiger partial charge is 0.404 e. The highest BCUT2D eigenvalue weighted by molar-refractivity contribution is 7.89. The molecule has 0 aliphatic heterocycles. The normalized spacial score (nSPS) is 13.7. The fraction of sp³-hybridized carbons (Fsp3) is 0.381. The second kappa shape index (κ2) is 11.0. The lowest BCUT2D eigenvalue weighted by atomic mass is 10.0. The summed E-state index contributed by atoms with van der Waals surface area (Å²) in [7, 11) is -4.09. The number of amides is 1. The number of nitrogens with zero attached hydrogens (tertiary/aromatic N) is 2. The molecule has 0 heterocycles. The van der Waals surface area contributed by atoms with Crippen molar-refractivity contribution in [2.24, 2.45) is 11.7 Å². The quantitative estimate of drug-likeness (QED) is 0.381. The van der Waals surface area contributed by atoms with Crippen molar-refractivity contribution < 1.29 is 28.0 Å². The second-order valence-electron chi connectivity index (χ2n) is 7.70. The Labute approximate surface area is 186 Å². The van der Waals surface area contributed by atoms with E-state index in [1.165, 1.54) is 0 Å². The topological polar surface area (TPSA) is 153 Å². The Morgan fingerprint density at radius 2 is 1.72 bits per heavy atom. The zero-order valence-electron chi connectivity index (χ0n) is 17.8. The van der Waals surface area contributed by atoms with Gasteiger partial charge in [-0.1, -0.05) is 44.2 Å². The van der Waals surface area contributed by atoms with Gasteiger partial charge in [-0.05, 0) is 23.6 Å². The molecular formula is C21H27N3O7S. The van der Waals surface area contributed by atoms with Gasteiger partial charge < -0.3 is 15.6 Å². The summed E-state index contributed by atoms with van der Waals surface area (Å²) in [6, 6.07) is 13.4. The molecule has 0 aromatic heterocycles. The molecule has 0 aliphatic rings. The van der Waals surface area contributed by atoms with Gasteiger partial charge in [-0.3, -0.25) is 10.1 Å². The molecule has 1 amide bonds. The Morgan fingerprint density at radius 3 is 2.22 bits per heavy atom. The number of non-ortho nitro benzene ring substituents is 1. The highest BCUT2D eigenvalue weighted by Crippen LogP contribution is 2.22. The number of aliphatic hydroxyl groups is 1. The molecule has 11 heteroatoms. The molecule has 2 aromatic rings. The van der Waals surface area contributed by atoms with Crippen molar-refractivity contribution in [2.75, 3.05) is 13.1 Å². The van der Waals surface area contributed by atoms with E-state index in [0.29, 0.717) is 0 Å². The molecule has 2 rings (SSSR count). The van der Waals surface area contributed by atoms with Crippen LogP contribution in [0.25, 0.3) is 0 Å². The minimum Gasteiger partial charge on any atom is -0.443 e. The first-order chi connectivity index (χ1) is 15.0. The molecule has 0 aliphatic carbocycles. The third kappa shape index (κ3) is 7.01. The maximum Gasteiger partial charge on any atom is 0.404 e. The third-order valence-electron chi connectivity index (χ3n) is 4.62. The number of ether oxygens (including phenoxy) is 1. The maximum absolute atomic E-state index is 13.2. The molecule has 0 fully saturated rings. The summed E-state index contributed by atoms with van der Waals surface area (Å²) in [4.78, 5) is 21.5. The molecule has 0 radical (unpaired) electrons. The summed E-state index contributed by atoms with van der Waals surface area (Å²) in [5.74, 6) is -0.0837. The lowest BCUT2D eigenvalue weighted by Gasteiger charge is -2.29. The van der Waals surface area contributed by atoms with Gasteiger partial charge in [0.1, 0.15) is 12.2 Å². The monoisotopic (exact) mass is 465 g/mol. The van der Waals surface area contributed by atoms with E-state index in [0.717, 1.165) is 34.1 Å². The number of nitro groups is 1. The number of hydrogen-bond acceptors (Lipinski definition) is 7. The zero-order valence-corrected chi connectivity index (χ0v) is 18.6. The number of nitrogens with two attached hydrogens (primary N) is 1. The highest BCUT2D eigenvalue weighted by atomic mass is 32.2. The molecule has 0 saturated carbocycles. The number of carbonyl (C=O) groups excluding carboxylic acids is 1. The van der Waals surface area contributed by atoms with E-state index in [4.69, 9.17) is 10.5 Å². The average Bonchev–Trinajstić information content (AvgIpc) is 2.73. The number of primary amides is 1. The Bertz CT molecular complexity index is 1010. The van der Waals surface area contributed by atoms with Crippen molar-refractivity contribution in [1.82, 2.24) is 4.31 Å². The van der Waals surface area contributed by atoms with Crippen LogP contribution in [-0.2, 0) is 21.2 Å². The Morgan fingerprint density at radius 1 is 1.12 bits per heavy atom. The van der Waals surface area contributed by atoms with Crippen LogP contribution in [0.2, 0.25) is 0 Å². The number of hydrogen-bond donors (Lipinski definition) is 2. The Balaban J connectivity index is 2.29. The molecular weight excluding hydrogens is 438 g/mol. The van der Waals surface area contributed by atoms with E-state index in [-0.39, 0.29) is 36.0 Å². The fourth-order valence-corrected chi connectivity index (χ4v) is 4.77. The molecule has 2 unspecified atom stereocenters. The zero-order chi connectivity index (χ0) is 23.9. The Hall–Kier alpha value is -3.02. The maximum atomic E-state index is 13.2. The lowest BCUT2D eigenvalue weighted by Crippen LogP contribution is -2.46. The van der Waals surface area contributed by atoms with Crippen molar-refractivity contribution in [3.8, 4) is 0 Å². The van der Waals surface area contributed by atoms with Gasteiger partial charge in [0, 0.05) is 31.6 Å². The molecule has 2 aromatic carbocycles. The molecule has 174 valence electrons. The van der Waals surface area contributed by atoms with Crippen LogP contribution < -0.4 is 5.73 Å². The number of benzene rings is 2. The van der Waals surface area contributed by atoms with Crippen molar-refractivity contribution in [1.29, 1.82) is 0 Å². The summed E-state index contributed by atoms with van der Waals surface area (Å²) in [6.07, 6.45) is -3.39. The van der Waals surface area contributed by atoms with Crippen LogP contribution in [0.4, 0.5) is 10.5 Å². The predicted molar refractivity (Wildman–Crippen MR) is 117 cm³/mol.